The van der Waals surface area contributed by atoms with Crippen LogP contribution in [0.15, 0.2) is 24.3 Å². The molecule has 164 valence electrons. The number of hydrogen-bond donors (Lipinski definition) is 2. The summed E-state index contributed by atoms with van der Waals surface area (Å²) in [7, 11) is 0. The Morgan fingerprint density at radius 3 is 2.37 bits per heavy atom. The van der Waals surface area contributed by atoms with Gasteiger partial charge in [-0.05, 0) is 43.5 Å². The molecule has 1 unspecified atom stereocenters. The Hall–Kier alpha value is -2.37. The van der Waals surface area contributed by atoms with E-state index in [2.05, 4.69) is 17.6 Å². The quantitative estimate of drug-likeness (QED) is 0.706. The number of benzene rings is 1. The lowest BCUT2D eigenvalue weighted by molar-refractivity contribution is -0.128. The van der Waals surface area contributed by atoms with Gasteiger partial charge in [0.05, 0.1) is 5.92 Å². The largest absolute Gasteiger partial charge is 0.349 e. The highest BCUT2D eigenvalue weighted by Crippen LogP contribution is 2.21. The summed E-state index contributed by atoms with van der Waals surface area (Å²) in [5.41, 5.74) is 1.26. The molecule has 1 aromatic rings. The zero-order chi connectivity index (χ0) is 21.3. The average Bonchev–Trinajstić information content (AvgIpc) is 3.09. The van der Waals surface area contributed by atoms with Crippen LogP contribution in [0.25, 0.3) is 0 Å². The fourth-order valence-corrected chi connectivity index (χ4v) is 4.33. The first-order valence-electron chi connectivity index (χ1n) is 11.6. The predicted octanol–water partition coefficient (Wildman–Crippen LogP) is 4.12. The van der Waals surface area contributed by atoms with Gasteiger partial charge in [-0.3, -0.25) is 14.4 Å². The molecular weight excluding hydrogens is 378 g/mol. The van der Waals surface area contributed by atoms with Crippen LogP contribution >= 0.6 is 0 Å². The molecule has 0 spiro atoms. The maximum atomic E-state index is 12.6. The van der Waals surface area contributed by atoms with E-state index >= 15 is 0 Å². The lowest BCUT2D eigenvalue weighted by atomic mass is 9.96. The normalized spacial score (nSPS) is 20.5. The van der Waals surface area contributed by atoms with Crippen molar-refractivity contribution in [1.29, 1.82) is 0 Å². The number of hydrogen-bond acceptors (Lipinski definition) is 3. The monoisotopic (exact) mass is 413 g/mol. The molecule has 6 nitrogen and oxygen atoms in total. The van der Waals surface area contributed by atoms with Crippen LogP contribution in [0.5, 0.6) is 0 Å². The SMILES string of the molecule is CCCCN1CC(C(=O)Nc2ccc(C(=O)NC3CCCCCCC3)cc2)CC1=O. The number of amides is 3. The van der Waals surface area contributed by atoms with Crippen molar-refractivity contribution in [2.75, 3.05) is 18.4 Å². The van der Waals surface area contributed by atoms with Crippen LogP contribution in [0.3, 0.4) is 0 Å². The molecule has 1 aliphatic heterocycles. The second-order valence-corrected chi connectivity index (χ2v) is 8.68. The van der Waals surface area contributed by atoms with Crippen LogP contribution in [0, 0.1) is 5.92 Å². The second-order valence-electron chi connectivity index (χ2n) is 8.68. The van der Waals surface area contributed by atoms with E-state index in [1.165, 1.54) is 32.1 Å². The van der Waals surface area contributed by atoms with Gasteiger partial charge in [0, 0.05) is 36.8 Å². The maximum Gasteiger partial charge on any atom is 0.251 e. The number of nitrogens with one attached hydrogen (secondary N) is 2. The van der Waals surface area contributed by atoms with Crippen molar-refractivity contribution >= 4 is 23.4 Å². The molecule has 1 saturated heterocycles. The summed E-state index contributed by atoms with van der Waals surface area (Å²) in [6.45, 7) is 3.31. The molecule has 1 aromatic carbocycles. The van der Waals surface area contributed by atoms with Crippen molar-refractivity contribution < 1.29 is 14.4 Å². The number of anilines is 1. The zero-order valence-electron chi connectivity index (χ0n) is 18.1. The van der Waals surface area contributed by atoms with Crippen LogP contribution < -0.4 is 10.6 Å². The molecule has 3 rings (SSSR count). The summed E-state index contributed by atoms with van der Waals surface area (Å²) in [5.74, 6) is -0.429. The Labute approximate surface area is 179 Å². The van der Waals surface area contributed by atoms with Crippen molar-refractivity contribution in [1.82, 2.24) is 10.2 Å². The molecule has 1 atom stereocenters. The van der Waals surface area contributed by atoms with Gasteiger partial charge in [-0.2, -0.15) is 0 Å². The van der Waals surface area contributed by atoms with Gasteiger partial charge in [-0.1, -0.05) is 45.4 Å². The second kappa shape index (κ2) is 11.1. The topological polar surface area (TPSA) is 78.5 Å². The van der Waals surface area contributed by atoms with E-state index in [-0.39, 0.29) is 36.1 Å². The molecule has 2 N–H and O–H groups in total. The fraction of sp³-hybridized carbons (Fsp3) is 0.625. The predicted molar refractivity (Wildman–Crippen MR) is 118 cm³/mol. The third kappa shape index (κ3) is 6.31. The Morgan fingerprint density at radius 1 is 1.03 bits per heavy atom. The maximum absolute atomic E-state index is 12.6. The molecule has 30 heavy (non-hydrogen) atoms. The lowest BCUT2D eigenvalue weighted by Crippen LogP contribution is -2.35. The molecule has 3 amide bonds. The van der Waals surface area contributed by atoms with Gasteiger partial charge in [0.15, 0.2) is 0 Å². The van der Waals surface area contributed by atoms with E-state index in [1.807, 2.05) is 0 Å². The van der Waals surface area contributed by atoms with Crippen LogP contribution in [-0.2, 0) is 9.59 Å². The Kier molecular flexibility index (Phi) is 8.29. The van der Waals surface area contributed by atoms with Gasteiger partial charge < -0.3 is 15.5 Å². The Morgan fingerprint density at radius 2 is 1.70 bits per heavy atom. The highest BCUT2D eigenvalue weighted by molar-refractivity contribution is 5.98. The molecule has 1 saturated carbocycles. The minimum Gasteiger partial charge on any atom is -0.349 e. The smallest absolute Gasteiger partial charge is 0.251 e. The van der Waals surface area contributed by atoms with E-state index in [0.717, 1.165) is 32.2 Å². The summed E-state index contributed by atoms with van der Waals surface area (Å²) in [5, 5.41) is 6.06. The van der Waals surface area contributed by atoms with Crippen molar-refractivity contribution in [3.8, 4) is 0 Å². The van der Waals surface area contributed by atoms with Crippen LogP contribution in [0.4, 0.5) is 5.69 Å². The summed E-state index contributed by atoms with van der Waals surface area (Å²) in [4.78, 5) is 39.0. The first-order chi connectivity index (χ1) is 14.6. The number of carbonyl (C=O) groups excluding carboxylic acids is 3. The van der Waals surface area contributed by atoms with Crippen molar-refractivity contribution in [3.05, 3.63) is 29.8 Å². The van der Waals surface area contributed by atoms with Crippen molar-refractivity contribution in [2.24, 2.45) is 5.92 Å². The molecule has 1 heterocycles. The van der Waals surface area contributed by atoms with Crippen LogP contribution in [-0.4, -0.2) is 41.8 Å². The summed E-state index contributed by atoms with van der Waals surface area (Å²) < 4.78 is 0. The first kappa shape index (κ1) is 22.3. The third-order valence-corrected chi connectivity index (χ3v) is 6.22. The third-order valence-electron chi connectivity index (χ3n) is 6.22. The molecule has 1 aliphatic carbocycles. The molecule has 0 bridgehead atoms. The van der Waals surface area contributed by atoms with E-state index in [0.29, 0.717) is 17.8 Å². The number of unbranched alkanes of at least 4 members (excludes halogenated alkanes) is 1. The van der Waals surface area contributed by atoms with E-state index in [9.17, 15) is 14.4 Å². The number of carbonyl (C=O) groups is 3. The lowest BCUT2D eigenvalue weighted by Gasteiger charge is -2.21. The molecule has 0 radical (unpaired) electrons. The van der Waals surface area contributed by atoms with Crippen molar-refractivity contribution in [3.63, 3.8) is 0 Å². The number of likely N-dealkylation sites (tertiary alicyclic amines) is 1. The minimum atomic E-state index is -0.309. The fourth-order valence-electron chi connectivity index (χ4n) is 4.33. The molecule has 2 aliphatic rings. The first-order valence-corrected chi connectivity index (χ1v) is 11.6. The van der Waals surface area contributed by atoms with Gasteiger partial charge >= 0.3 is 0 Å². The Balaban J connectivity index is 1.49. The van der Waals surface area contributed by atoms with Gasteiger partial charge in [0.2, 0.25) is 11.8 Å². The van der Waals surface area contributed by atoms with Gasteiger partial charge in [-0.25, -0.2) is 0 Å². The molecule has 0 aromatic heterocycles. The van der Waals surface area contributed by atoms with Crippen LogP contribution in [0.2, 0.25) is 0 Å². The molecular formula is C24H35N3O3. The summed E-state index contributed by atoms with van der Waals surface area (Å²) in [6, 6.07) is 7.28. The van der Waals surface area contributed by atoms with E-state index in [1.54, 1.807) is 29.2 Å². The van der Waals surface area contributed by atoms with Crippen molar-refractivity contribution in [2.45, 2.75) is 77.2 Å². The van der Waals surface area contributed by atoms with E-state index < -0.39 is 0 Å². The summed E-state index contributed by atoms with van der Waals surface area (Å²) in [6.07, 6.45) is 10.5. The standard InChI is InChI=1S/C24H35N3O3/c1-2-3-15-27-17-19(16-22(27)28)24(30)26-21-13-11-18(12-14-21)23(29)25-20-9-7-5-4-6-8-10-20/h11-14,19-20H,2-10,15-17H2,1H3,(H,25,29)(H,26,30). The van der Waals surface area contributed by atoms with Gasteiger partial charge in [-0.15, -0.1) is 0 Å². The minimum absolute atomic E-state index is 0.0496. The van der Waals surface area contributed by atoms with E-state index in [4.69, 9.17) is 0 Å². The summed E-state index contributed by atoms with van der Waals surface area (Å²) >= 11 is 0. The van der Waals surface area contributed by atoms with Crippen LogP contribution in [0.1, 0.15) is 81.5 Å². The highest BCUT2D eigenvalue weighted by Gasteiger charge is 2.33. The molecule has 2 fully saturated rings. The average molecular weight is 414 g/mol. The van der Waals surface area contributed by atoms with Gasteiger partial charge in [0.25, 0.3) is 5.91 Å². The molecule has 6 heteroatoms. The zero-order valence-corrected chi connectivity index (χ0v) is 18.1. The Bertz CT molecular complexity index is 724. The van der Waals surface area contributed by atoms with Gasteiger partial charge in [0.1, 0.15) is 0 Å². The number of rotatable bonds is 7. The number of nitrogens with zero attached hydrogens (tertiary/aromatic N) is 1. The highest BCUT2D eigenvalue weighted by atomic mass is 16.2.